The van der Waals surface area contributed by atoms with Crippen molar-refractivity contribution in [3.8, 4) is 11.5 Å². The van der Waals surface area contributed by atoms with Gasteiger partial charge in [0, 0.05) is 11.9 Å². The van der Waals surface area contributed by atoms with Crippen LogP contribution < -0.4 is 10.1 Å². The zero-order valence-corrected chi connectivity index (χ0v) is 13.5. The highest BCUT2D eigenvalue weighted by atomic mass is 16.5. The number of amides is 1. The second-order valence-corrected chi connectivity index (χ2v) is 5.31. The van der Waals surface area contributed by atoms with E-state index in [9.17, 15) is 14.7 Å². The van der Waals surface area contributed by atoms with Crippen molar-refractivity contribution in [1.82, 2.24) is 9.38 Å². The number of nitrogens with one attached hydrogen (secondary N) is 1. The third kappa shape index (κ3) is 2.85. The zero-order chi connectivity index (χ0) is 18.1. The molecule has 0 radical (unpaired) electrons. The number of rotatable bonds is 4. The number of hydrogen-bond acceptors (Lipinski definition) is 5. The number of carbonyl (C=O) groups excluding carboxylic acids is 1. The summed E-state index contributed by atoms with van der Waals surface area (Å²) < 4.78 is 6.84. The van der Waals surface area contributed by atoms with Crippen molar-refractivity contribution in [3.05, 3.63) is 53.5 Å². The van der Waals surface area contributed by atoms with E-state index in [1.54, 1.807) is 29.7 Å². The Morgan fingerprint density at radius 1 is 1.28 bits per heavy atom. The maximum atomic E-state index is 12.7. The van der Waals surface area contributed by atoms with Gasteiger partial charge in [-0.3, -0.25) is 9.20 Å². The summed E-state index contributed by atoms with van der Waals surface area (Å²) in [6, 6.07) is 7.28. The van der Waals surface area contributed by atoms with E-state index >= 15 is 0 Å². The SMILES string of the molecule is COc1cccn2c(C(=O)Nc3ccc(O)c(C(=O)O)c3)c(C)nc12. The molecule has 128 valence electrons. The van der Waals surface area contributed by atoms with Crippen LogP contribution in [0.2, 0.25) is 0 Å². The van der Waals surface area contributed by atoms with Crippen LogP contribution in [0.4, 0.5) is 5.69 Å². The van der Waals surface area contributed by atoms with Crippen molar-refractivity contribution in [3.63, 3.8) is 0 Å². The summed E-state index contributed by atoms with van der Waals surface area (Å²) in [7, 11) is 1.52. The molecule has 25 heavy (non-hydrogen) atoms. The van der Waals surface area contributed by atoms with Crippen molar-refractivity contribution in [2.24, 2.45) is 0 Å². The van der Waals surface area contributed by atoms with Gasteiger partial charge in [-0.15, -0.1) is 0 Å². The maximum Gasteiger partial charge on any atom is 0.339 e. The molecule has 1 aromatic carbocycles. The van der Waals surface area contributed by atoms with E-state index in [1.165, 1.54) is 25.3 Å². The molecule has 0 aliphatic rings. The lowest BCUT2D eigenvalue weighted by Gasteiger charge is -2.08. The molecule has 3 aromatic rings. The number of pyridine rings is 1. The van der Waals surface area contributed by atoms with Crippen molar-refractivity contribution in [2.45, 2.75) is 6.92 Å². The summed E-state index contributed by atoms with van der Waals surface area (Å²) >= 11 is 0. The number of benzene rings is 1. The van der Waals surface area contributed by atoms with Gasteiger partial charge in [-0.25, -0.2) is 9.78 Å². The quantitative estimate of drug-likeness (QED) is 0.628. The standard InChI is InChI=1S/C17H15N3O5/c1-9-14(20-7-3-4-13(25-2)15(20)18-9)16(22)19-10-5-6-12(21)11(8-10)17(23)24/h3-8,21H,1-2H3,(H,19,22)(H,23,24). The van der Waals surface area contributed by atoms with Crippen LogP contribution in [0, 0.1) is 6.92 Å². The Morgan fingerprint density at radius 3 is 2.72 bits per heavy atom. The second kappa shape index (κ2) is 6.16. The Labute approximate surface area is 142 Å². The molecule has 1 amide bonds. The fraction of sp³-hybridized carbons (Fsp3) is 0.118. The number of phenols is 1. The monoisotopic (exact) mass is 341 g/mol. The first-order valence-corrected chi connectivity index (χ1v) is 7.31. The van der Waals surface area contributed by atoms with Crippen LogP contribution in [0.3, 0.4) is 0 Å². The van der Waals surface area contributed by atoms with E-state index in [0.717, 1.165) is 0 Å². The number of aryl methyl sites for hydroxylation is 1. The predicted octanol–water partition coefficient (Wildman–Crippen LogP) is 2.31. The molecule has 0 aliphatic carbocycles. The van der Waals surface area contributed by atoms with Gasteiger partial charge in [0.15, 0.2) is 11.4 Å². The molecular formula is C17H15N3O5. The fourth-order valence-corrected chi connectivity index (χ4v) is 2.56. The Kier molecular flexibility index (Phi) is 4.02. The Hall–Kier alpha value is -3.55. The number of aromatic nitrogens is 2. The van der Waals surface area contributed by atoms with Gasteiger partial charge in [0.25, 0.3) is 5.91 Å². The van der Waals surface area contributed by atoms with Gasteiger partial charge >= 0.3 is 5.97 Å². The number of methoxy groups -OCH3 is 1. The van der Waals surface area contributed by atoms with E-state index in [0.29, 0.717) is 22.8 Å². The number of imidazole rings is 1. The van der Waals surface area contributed by atoms with Crippen LogP contribution >= 0.6 is 0 Å². The Morgan fingerprint density at radius 2 is 2.04 bits per heavy atom. The summed E-state index contributed by atoms with van der Waals surface area (Å²) in [5.74, 6) is -1.59. The van der Waals surface area contributed by atoms with Gasteiger partial charge in [-0.05, 0) is 37.3 Å². The summed E-state index contributed by atoms with van der Waals surface area (Å²) in [5.41, 5.74) is 1.26. The van der Waals surface area contributed by atoms with Gasteiger partial charge in [-0.1, -0.05) is 0 Å². The number of fused-ring (bicyclic) bond motifs is 1. The number of carboxylic acids is 1. The number of hydrogen-bond donors (Lipinski definition) is 3. The number of carboxylic acid groups (broad SMARTS) is 1. The average molecular weight is 341 g/mol. The molecule has 0 saturated heterocycles. The van der Waals surface area contributed by atoms with Crippen LogP contribution in [0.25, 0.3) is 5.65 Å². The molecule has 8 heteroatoms. The summed E-state index contributed by atoms with van der Waals surface area (Å²) in [4.78, 5) is 28.1. The number of carbonyl (C=O) groups is 2. The fourth-order valence-electron chi connectivity index (χ4n) is 2.56. The number of aromatic carboxylic acids is 1. The second-order valence-electron chi connectivity index (χ2n) is 5.31. The highest BCUT2D eigenvalue weighted by molar-refractivity contribution is 6.05. The molecule has 0 unspecified atom stereocenters. The molecule has 2 heterocycles. The van der Waals surface area contributed by atoms with Crippen LogP contribution in [-0.2, 0) is 0 Å². The lowest BCUT2D eigenvalue weighted by atomic mass is 10.1. The molecule has 3 N–H and O–H groups in total. The molecule has 0 aliphatic heterocycles. The highest BCUT2D eigenvalue weighted by Gasteiger charge is 2.19. The third-order valence-electron chi connectivity index (χ3n) is 3.71. The van der Waals surface area contributed by atoms with E-state index in [2.05, 4.69) is 10.3 Å². The predicted molar refractivity (Wildman–Crippen MR) is 89.5 cm³/mol. The highest BCUT2D eigenvalue weighted by Crippen LogP contribution is 2.24. The van der Waals surface area contributed by atoms with E-state index < -0.39 is 11.9 Å². The van der Waals surface area contributed by atoms with Crippen LogP contribution in [0.15, 0.2) is 36.5 Å². The smallest absolute Gasteiger partial charge is 0.339 e. The van der Waals surface area contributed by atoms with E-state index in [4.69, 9.17) is 9.84 Å². The minimum absolute atomic E-state index is 0.248. The van der Waals surface area contributed by atoms with Crippen LogP contribution in [0.1, 0.15) is 26.5 Å². The van der Waals surface area contributed by atoms with Crippen molar-refractivity contribution in [1.29, 1.82) is 0 Å². The normalized spacial score (nSPS) is 10.6. The van der Waals surface area contributed by atoms with Gasteiger partial charge in [0.1, 0.15) is 17.0 Å². The van der Waals surface area contributed by atoms with Gasteiger partial charge in [-0.2, -0.15) is 0 Å². The molecule has 0 atom stereocenters. The first-order valence-electron chi connectivity index (χ1n) is 7.31. The summed E-state index contributed by atoms with van der Waals surface area (Å²) in [6.07, 6.45) is 1.69. The zero-order valence-electron chi connectivity index (χ0n) is 13.5. The molecule has 0 spiro atoms. The molecule has 0 bridgehead atoms. The van der Waals surface area contributed by atoms with E-state index in [1.807, 2.05) is 0 Å². The first kappa shape index (κ1) is 16.3. The Balaban J connectivity index is 2.00. The Bertz CT molecular complexity index is 993. The largest absolute Gasteiger partial charge is 0.507 e. The minimum atomic E-state index is -1.29. The number of aromatic hydroxyl groups is 1. The molecule has 3 rings (SSSR count). The van der Waals surface area contributed by atoms with Crippen LogP contribution in [0.5, 0.6) is 11.5 Å². The third-order valence-corrected chi connectivity index (χ3v) is 3.71. The van der Waals surface area contributed by atoms with Crippen molar-refractivity contribution < 1.29 is 24.5 Å². The van der Waals surface area contributed by atoms with Gasteiger partial charge in [0.2, 0.25) is 0 Å². The molecule has 0 fully saturated rings. The van der Waals surface area contributed by atoms with Crippen molar-refractivity contribution >= 4 is 23.2 Å². The minimum Gasteiger partial charge on any atom is -0.507 e. The molecule has 0 saturated carbocycles. The average Bonchev–Trinajstić information content (AvgIpc) is 2.92. The van der Waals surface area contributed by atoms with E-state index in [-0.39, 0.29) is 17.0 Å². The lowest BCUT2D eigenvalue weighted by Crippen LogP contribution is -2.16. The lowest BCUT2D eigenvalue weighted by molar-refractivity contribution is 0.0693. The first-order chi connectivity index (χ1) is 11.9. The summed E-state index contributed by atoms with van der Waals surface area (Å²) in [6.45, 7) is 1.70. The number of anilines is 1. The maximum absolute atomic E-state index is 12.7. The van der Waals surface area contributed by atoms with Crippen LogP contribution in [-0.4, -0.2) is 38.6 Å². The topological polar surface area (TPSA) is 113 Å². The molecular weight excluding hydrogens is 326 g/mol. The number of nitrogens with zero attached hydrogens (tertiary/aromatic N) is 2. The molecule has 2 aromatic heterocycles. The molecule has 8 nitrogen and oxygen atoms in total. The van der Waals surface area contributed by atoms with Gasteiger partial charge in [0.05, 0.1) is 12.8 Å². The van der Waals surface area contributed by atoms with Crippen molar-refractivity contribution in [2.75, 3.05) is 12.4 Å². The summed E-state index contributed by atoms with van der Waals surface area (Å²) in [5, 5.41) is 21.2. The number of ether oxygens (including phenoxy) is 1. The van der Waals surface area contributed by atoms with Gasteiger partial charge < -0.3 is 20.3 Å².